The number of benzene rings is 5. The molecule has 1 aliphatic heterocycles. The van der Waals surface area contributed by atoms with Crippen LogP contribution in [-0.2, 0) is 0 Å². The number of hydrogen-bond acceptors (Lipinski definition) is 1. The highest BCUT2D eigenvalue weighted by atomic mass is 127. The van der Waals surface area contributed by atoms with Gasteiger partial charge in [-0.05, 0) is 96.6 Å². The van der Waals surface area contributed by atoms with Crippen LogP contribution in [0.15, 0.2) is 113 Å². The summed E-state index contributed by atoms with van der Waals surface area (Å²) >= 11 is 2.24. The van der Waals surface area contributed by atoms with Gasteiger partial charge in [0.15, 0.2) is 0 Å². The molecular formula is C39H31IO. The van der Waals surface area contributed by atoms with E-state index >= 15 is 0 Å². The van der Waals surface area contributed by atoms with E-state index in [0.29, 0.717) is 0 Å². The van der Waals surface area contributed by atoms with Crippen molar-refractivity contribution in [3.05, 3.63) is 135 Å². The molecule has 1 heterocycles. The van der Waals surface area contributed by atoms with Gasteiger partial charge in [0, 0.05) is 11.1 Å². The molecule has 5 aromatic carbocycles. The molecule has 0 atom stereocenters. The smallest absolute Gasteiger partial charge is 0.135 e. The van der Waals surface area contributed by atoms with Crippen molar-refractivity contribution in [2.45, 2.75) is 20.3 Å². The predicted molar refractivity (Wildman–Crippen MR) is 185 cm³/mol. The molecule has 1 aliphatic rings. The molecule has 0 spiro atoms. The summed E-state index contributed by atoms with van der Waals surface area (Å²) in [6.07, 6.45) is 9.61. The Morgan fingerprint density at radius 2 is 1.32 bits per heavy atom. The first-order valence-electron chi connectivity index (χ1n) is 14.0. The average Bonchev–Trinajstić information content (AvgIpc) is 3.14. The van der Waals surface area contributed by atoms with Crippen LogP contribution in [-0.4, -0.2) is 0 Å². The standard InChI is InChI=1S/C39H31IO/c1-4-5-11-28-12-8-17-32(26(28)2)30-19-21-38-36(24-30)34-15-6-7-16-35(34)37-25-31(20-22-39(37)41-38)33-18-9-13-29(27(33)3)14-10-23-40/h5-25H,3-4H2,1-2H3/b11-5-,23-10-,29-14-. The highest BCUT2D eigenvalue weighted by molar-refractivity contribution is 14.1. The van der Waals surface area contributed by atoms with E-state index in [0.717, 1.165) is 56.2 Å². The molecule has 1 nitrogen and oxygen atoms in total. The fraction of sp³-hybridized carbons (Fsp3) is 0.0769. The molecule has 200 valence electrons. The van der Waals surface area contributed by atoms with Gasteiger partial charge >= 0.3 is 0 Å². The van der Waals surface area contributed by atoms with Crippen LogP contribution < -0.4 is 15.2 Å². The molecule has 0 aliphatic carbocycles. The van der Waals surface area contributed by atoms with Crippen molar-refractivity contribution in [1.82, 2.24) is 0 Å². The van der Waals surface area contributed by atoms with Crippen LogP contribution in [0.2, 0.25) is 0 Å². The molecule has 0 aromatic heterocycles. The van der Waals surface area contributed by atoms with Crippen molar-refractivity contribution in [2.24, 2.45) is 0 Å². The molecule has 41 heavy (non-hydrogen) atoms. The molecule has 0 radical (unpaired) electrons. The molecule has 0 saturated carbocycles. The van der Waals surface area contributed by atoms with Gasteiger partial charge in [0.1, 0.15) is 11.5 Å². The van der Waals surface area contributed by atoms with Crippen molar-refractivity contribution in [2.75, 3.05) is 0 Å². The summed E-state index contributed by atoms with van der Waals surface area (Å²) in [6.45, 7) is 8.80. The number of hydrogen-bond donors (Lipinski definition) is 0. The first-order valence-corrected chi connectivity index (χ1v) is 15.2. The molecule has 0 N–H and O–H groups in total. The second kappa shape index (κ2) is 11.8. The molecule has 2 heteroatoms. The number of halogens is 1. The zero-order valence-corrected chi connectivity index (χ0v) is 25.5. The van der Waals surface area contributed by atoms with Gasteiger partial charge in [-0.1, -0.05) is 133 Å². The molecule has 0 bridgehead atoms. The second-order valence-corrected chi connectivity index (χ2v) is 11.0. The number of rotatable bonds is 5. The maximum Gasteiger partial charge on any atom is 0.135 e. The first-order chi connectivity index (χ1) is 20.1. The first kappa shape index (κ1) is 27.0. The number of fused-ring (bicyclic) bond motifs is 5. The van der Waals surface area contributed by atoms with Gasteiger partial charge in [-0.15, -0.1) is 0 Å². The normalized spacial score (nSPS) is 12.6. The quantitative estimate of drug-likeness (QED) is 0.170. The Hall–Kier alpha value is -4.15. The van der Waals surface area contributed by atoms with E-state index in [9.17, 15) is 0 Å². The van der Waals surface area contributed by atoms with Gasteiger partial charge in [-0.3, -0.25) is 0 Å². The topological polar surface area (TPSA) is 9.23 Å². The average molecular weight is 643 g/mol. The monoisotopic (exact) mass is 642 g/mol. The Kier molecular flexibility index (Phi) is 7.76. The summed E-state index contributed by atoms with van der Waals surface area (Å²) in [6, 6.07) is 34.6. The van der Waals surface area contributed by atoms with Crippen molar-refractivity contribution in [3.8, 4) is 56.0 Å². The van der Waals surface area contributed by atoms with E-state index in [1.165, 1.54) is 27.8 Å². The predicted octanol–water partition coefficient (Wildman–Crippen LogP) is 10.3. The third-order valence-electron chi connectivity index (χ3n) is 7.78. The van der Waals surface area contributed by atoms with Crippen LogP contribution in [0, 0.1) is 6.92 Å². The van der Waals surface area contributed by atoms with Gasteiger partial charge in [-0.25, -0.2) is 0 Å². The largest absolute Gasteiger partial charge is 0.456 e. The van der Waals surface area contributed by atoms with Gasteiger partial charge in [0.2, 0.25) is 0 Å². The van der Waals surface area contributed by atoms with E-state index in [2.05, 4.69) is 158 Å². The van der Waals surface area contributed by atoms with Gasteiger partial charge in [0.25, 0.3) is 0 Å². The van der Waals surface area contributed by atoms with E-state index in [4.69, 9.17) is 4.74 Å². The second-order valence-electron chi connectivity index (χ2n) is 10.3. The Bertz CT molecular complexity index is 1940. The summed E-state index contributed by atoms with van der Waals surface area (Å²) in [4.78, 5) is 0. The maximum atomic E-state index is 6.64. The third kappa shape index (κ3) is 5.20. The van der Waals surface area contributed by atoms with E-state index < -0.39 is 0 Å². The number of allylic oxidation sites excluding steroid dienone is 2. The molecular weight excluding hydrogens is 611 g/mol. The van der Waals surface area contributed by atoms with Crippen LogP contribution in [0.4, 0.5) is 0 Å². The van der Waals surface area contributed by atoms with Crippen LogP contribution in [0.5, 0.6) is 11.5 Å². The lowest BCUT2D eigenvalue weighted by Gasteiger charge is -2.14. The highest BCUT2D eigenvalue weighted by Gasteiger charge is 2.22. The van der Waals surface area contributed by atoms with Crippen LogP contribution >= 0.6 is 22.6 Å². The van der Waals surface area contributed by atoms with Crippen molar-refractivity contribution >= 4 is 41.3 Å². The molecule has 0 fully saturated rings. The highest BCUT2D eigenvalue weighted by Crippen LogP contribution is 2.48. The van der Waals surface area contributed by atoms with E-state index in [1.807, 2.05) is 10.2 Å². The van der Waals surface area contributed by atoms with Gasteiger partial charge in [-0.2, -0.15) is 0 Å². The lowest BCUT2D eigenvalue weighted by Crippen LogP contribution is -2.24. The summed E-state index contributed by atoms with van der Waals surface area (Å²) in [5, 5.41) is 2.13. The summed E-state index contributed by atoms with van der Waals surface area (Å²) in [5.74, 6) is 1.73. The van der Waals surface area contributed by atoms with Crippen LogP contribution in [0.25, 0.3) is 63.2 Å². The summed E-state index contributed by atoms with van der Waals surface area (Å²) in [7, 11) is 0. The Morgan fingerprint density at radius 3 is 1.98 bits per heavy atom. The minimum atomic E-state index is 0.858. The van der Waals surface area contributed by atoms with Crippen LogP contribution in [0.3, 0.4) is 0 Å². The SMILES string of the molecule is C=c1c(-c2ccc3c(c2)-c2ccccc2-c2cc(-c4cccc(/C=C\CC)c4C)ccc2O3)ccc/c1=C/C=C\I. The Morgan fingerprint density at radius 1 is 0.707 bits per heavy atom. The molecule has 6 rings (SSSR count). The molecule has 0 saturated heterocycles. The van der Waals surface area contributed by atoms with Crippen molar-refractivity contribution < 1.29 is 4.74 Å². The fourth-order valence-electron chi connectivity index (χ4n) is 5.63. The van der Waals surface area contributed by atoms with Gasteiger partial charge in [0.05, 0.1) is 0 Å². The van der Waals surface area contributed by atoms with Crippen molar-refractivity contribution in [3.63, 3.8) is 0 Å². The van der Waals surface area contributed by atoms with E-state index in [1.54, 1.807) is 0 Å². The minimum absolute atomic E-state index is 0.858. The Labute approximate surface area is 256 Å². The molecule has 0 unspecified atom stereocenters. The van der Waals surface area contributed by atoms with E-state index in [-0.39, 0.29) is 0 Å². The molecule has 5 aromatic rings. The zero-order chi connectivity index (χ0) is 28.3. The third-order valence-corrected chi connectivity index (χ3v) is 8.19. The van der Waals surface area contributed by atoms with Gasteiger partial charge < -0.3 is 4.74 Å². The number of ether oxygens (including phenoxy) is 1. The lowest BCUT2D eigenvalue weighted by molar-refractivity contribution is 0.488. The maximum absolute atomic E-state index is 6.64. The molecule has 0 amide bonds. The minimum Gasteiger partial charge on any atom is -0.456 e. The fourth-order valence-corrected chi connectivity index (χ4v) is 5.84. The zero-order valence-electron chi connectivity index (χ0n) is 23.3. The lowest BCUT2D eigenvalue weighted by atomic mass is 9.90. The summed E-state index contributed by atoms with van der Waals surface area (Å²) < 4.78 is 8.64. The Balaban J connectivity index is 1.50. The van der Waals surface area contributed by atoms with Crippen LogP contribution in [0.1, 0.15) is 24.5 Å². The van der Waals surface area contributed by atoms with Crippen molar-refractivity contribution in [1.29, 1.82) is 0 Å². The summed E-state index contributed by atoms with van der Waals surface area (Å²) in [5.41, 5.74) is 11.7.